The fourth-order valence-corrected chi connectivity index (χ4v) is 3.42. The molecular formula is C16H23NO5. The van der Waals surface area contributed by atoms with Gasteiger partial charge in [0.1, 0.15) is 12.4 Å². The molecule has 22 heavy (non-hydrogen) atoms. The van der Waals surface area contributed by atoms with E-state index in [0.29, 0.717) is 36.5 Å². The number of cyclic esters (lactones) is 1. The van der Waals surface area contributed by atoms with E-state index < -0.39 is 22.8 Å². The van der Waals surface area contributed by atoms with Crippen LogP contribution in [0.3, 0.4) is 0 Å². The van der Waals surface area contributed by atoms with Gasteiger partial charge in [-0.2, -0.15) is 0 Å². The molecule has 1 fully saturated rings. The van der Waals surface area contributed by atoms with Crippen LogP contribution in [0.4, 0.5) is 0 Å². The maximum Gasteiger partial charge on any atom is 0.333 e. The van der Waals surface area contributed by atoms with Crippen molar-refractivity contribution >= 4 is 17.7 Å². The van der Waals surface area contributed by atoms with Crippen LogP contribution >= 0.6 is 0 Å². The average molecular weight is 309 g/mol. The molecule has 1 aliphatic heterocycles. The second-order valence-corrected chi connectivity index (χ2v) is 6.20. The summed E-state index contributed by atoms with van der Waals surface area (Å²) < 4.78 is 10.4. The van der Waals surface area contributed by atoms with Crippen LogP contribution < -0.4 is 0 Å². The molecule has 0 radical (unpaired) electrons. The molecule has 122 valence electrons. The van der Waals surface area contributed by atoms with Gasteiger partial charge in [-0.3, -0.25) is 9.59 Å². The fourth-order valence-electron chi connectivity index (χ4n) is 3.42. The Morgan fingerprint density at radius 2 is 2.05 bits per heavy atom. The van der Waals surface area contributed by atoms with Gasteiger partial charge in [0, 0.05) is 23.8 Å². The van der Waals surface area contributed by atoms with E-state index in [1.165, 1.54) is 7.11 Å². The van der Waals surface area contributed by atoms with E-state index in [-0.39, 0.29) is 0 Å². The van der Waals surface area contributed by atoms with Gasteiger partial charge in [-0.05, 0) is 13.3 Å². The van der Waals surface area contributed by atoms with Crippen molar-refractivity contribution in [3.05, 3.63) is 11.3 Å². The molecule has 0 N–H and O–H groups in total. The van der Waals surface area contributed by atoms with Crippen LogP contribution in [-0.4, -0.2) is 31.4 Å². The number of fused-ring (bicyclic) bond motifs is 1. The quantitative estimate of drug-likeness (QED) is 0.443. The summed E-state index contributed by atoms with van der Waals surface area (Å²) in [6.07, 6.45) is 1.83. The number of oxime groups is 1. The fraction of sp³-hybridized carbons (Fsp3) is 0.688. The van der Waals surface area contributed by atoms with Gasteiger partial charge in [-0.15, -0.1) is 0 Å². The van der Waals surface area contributed by atoms with Crippen LogP contribution in [0, 0.1) is 10.8 Å². The van der Waals surface area contributed by atoms with E-state index >= 15 is 0 Å². The van der Waals surface area contributed by atoms with Crippen LogP contribution in [0.1, 0.15) is 47.0 Å². The van der Waals surface area contributed by atoms with Crippen LogP contribution in [0.5, 0.6) is 0 Å². The van der Waals surface area contributed by atoms with Gasteiger partial charge in [-0.25, -0.2) is 0 Å². The first-order valence-electron chi connectivity index (χ1n) is 7.60. The number of carbonyl (C=O) groups excluding carboxylic acids is 2. The third-order valence-electron chi connectivity index (χ3n) is 4.36. The summed E-state index contributed by atoms with van der Waals surface area (Å²) in [6, 6.07) is 0. The second-order valence-electron chi connectivity index (χ2n) is 6.20. The van der Waals surface area contributed by atoms with Gasteiger partial charge in [0.25, 0.3) is 0 Å². The van der Waals surface area contributed by atoms with Gasteiger partial charge >= 0.3 is 11.9 Å². The Kier molecular flexibility index (Phi) is 4.31. The van der Waals surface area contributed by atoms with Crippen molar-refractivity contribution in [3.8, 4) is 0 Å². The Morgan fingerprint density at radius 3 is 2.59 bits per heavy atom. The van der Waals surface area contributed by atoms with Crippen LogP contribution in [0.15, 0.2) is 16.5 Å². The molecule has 0 aromatic rings. The largest absolute Gasteiger partial charge is 0.468 e. The Bertz CT molecular complexity index is 561. The summed E-state index contributed by atoms with van der Waals surface area (Å²) in [5.74, 6) is -0.642. The number of carbonyl (C=O) groups is 2. The maximum atomic E-state index is 12.6. The number of rotatable bonds is 5. The number of hydrogen-bond donors (Lipinski definition) is 0. The van der Waals surface area contributed by atoms with E-state index in [9.17, 15) is 9.59 Å². The molecule has 0 bridgehead atoms. The highest BCUT2D eigenvalue weighted by atomic mass is 16.6. The van der Waals surface area contributed by atoms with Gasteiger partial charge < -0.3 is 14.3 Å². The number of methoxy groups -OCH3 is 1. The minimum absolute atomic E-state index is 0.417. The molecule has 6 nitrogen and oxygen atoms in total. The van der Waals surface area contributed by atoms with Crippen molar-refractivity contribution in [1.82, 2.24) is 0 Å². The minimum atomic E-state index is -1.44. The molecule has 1 saturated carbocycles. The standard InChI is InChI=1S/C16H23NO5/c1-6-8-11-12-10(17-21-7-2)9-15(3,4)16(12,13(18)20-5)14(19)22-11/h6-9H2,1-5H3/b17-10-/t16-/m1/s1. The normalized spacial score (nSPS) is 27.9. The third-order valence-corrected chi connectivity index (χ3v) is 4.36. The zero-order valence-corrected chi connectivity index (χ0v) is 13.8. The summed E-state index contributed by atoms with van der Waals surface area (Å²) in [5, 5.41) is 4.13. The lowest BCUT2D eigenvalue weighted by Crippen LogP contribution is -2.47. The van der Waals surface area contributed by atoms with Crippen molar-refractivity contribution in [3.63, 3.8) is 0 Å². The van der Waals surface area contributed by atoms with Crippen molar-refractivity contribution in [2.45, 2.75) is 47.0 Å². The first kappa shape index (κ1) is 16.5. The zero-order valence-electron chi connectivity index (χ0n) is 13.8. The molecule has 2 rings (SSSR count). The number of allylic oxidation sites excluding steroid dienone is 1. The summed E-state index contributed by atoms with van der Waals surface area (Å²) in [5.41, 5.74) is -0.976. The highest BCUT2D eigenvalue weighted by Crippen LogP contribution is 2.60. The van der Waals surface area contributed by atoms with Gasteiger partial charge in [0.05, 0.1) is 12.8 Å². The maximum absolute atomic E-state index is 12.6. The molecule has 0 saturated heterocycles. The Hall–Kier alpha value is -1.85. The minimum Gasteiger partial charge on any atom is -0.468 e. The number of esters is 2. The van der Waals surface area contributed by atoms with Crippen LogP contribution in [-0.2, 0) is 23.9 Å². The predicted octanol–water partition coefficient (Wildman–Crippen LogP) is 2.58. The summed E-state index contributed by atoms with van der Waals surface area (Å²) >= 11 is 0. The molecule has 6 heteroatoms. The topological polar surface area (TPSA) is 74.2 Å². The smallest absolute Gasteiger partial charge is 0.333 e. The van der Waals surface area contributed by atoms with Gasteiger partial charge in [0.15, 0.2) is 0 Å². The number of nitrogens with zero attached hydrogens (tertiary/aromatic N) is 1. The lowest BCUT2D eigenvalue weighted by Gasteiger charge is -2.32. The van der Waals surface area contributed by atoms with Crippen molar-refractivity contribution < 1.29 is 23.9 Å². The molecule has 1 aliphatic carbocycles. The summed E-state index contributed by atoms with van der Waals surface area (Å²) in [4.78, 5) is 30.4. The van der Waals surface area contributed by atoms with Crippen molar-refractivity contribution in [1.29, 1.82) is 0 Å². The van der Waals surface area contributed by atoms with Gasteiger partial charge in [-0.1, -0.05) is 25.9 Å². The predicted molar refractivity (Wildman–Crippen MR) is 79.9 cm³/mol. The average Bonchev–Trinajstić information content (AvgIpc) is 2.89. The van der Waals surface area contributed by atoms with E-state index in [0.717, 1.165) is 6.42 Å². The van der Waals surface area contributed by atoms with Crippen molar-refractivity contribution in [2.75, 3.05) is 13.7 Å². The molecule has 0 unspecified atom stereocenters. The third kappa shape index (κ3) is 2.04. The van der Waals surface area contributed by atoms with Gasteiger partial charge in [0.2, 0.25) is 5.41 Å². The second kappa shape index (κ2) is 5.74. The molecule has 0 aromatic carbocycles. The zero-order chi connectivity index (χ0) is 16.5. The first-order valence-corrected chi connectivity index (χ1v) is 7.60. The monoisotopic (exact) mass is 309 g/mol. The SMILES string of the molecule is CCCC1=C2/C(=N\OCC)CC(C)(C)[C@]2(C(=O)OC)C(=O)O1. The molecule has 1 heterocycles. The van der Waals surface area contributed by atoms with Crippen molar-refractivity contribution in [2.24, 2.45) is 16.0 Å². The molecule has 1 atom stereocenters. The van der Waals surface area contributed by atoms with E-state index in [1.54, 1.807) is 0 Å². The Balaban J connectivity index is 2.69. The molecule has 0 spiro atoms. The molecule has 2 aliphatic rings. The van der Waals surface area contributed by atoms with E-state index in [1.807, 2.05) is 27.7 Å². The highest BCUT2D eigenvalue weighted by Gasteiger charge is 2.71. The number of hydrogen-bond acceptors (Lipinski definition) is 6. The Morgan fingerprint density at radius 1 is 1.36 bits per heavy atom. The lowest BCUT2D eigenvalue weighted by atomic mass is 9.66. The Labute approximate surface area is 130 Å². The summed E-state index contributed by atoms with van der Waals surface area (Å²) in [7, 11) is 1.29. The molecule has 0 amide bonds. The number of ether oxygens (including phenoxy) is 2. The first-order chi connectivity index (χ1) is 10.4. The molecule has 0 aromatic heterocycles. The summed E-state index contributed by atoms with van der Waals surface area (Å²) in [6.45, 7) is 7.94. The van der Waals surface area contributed by atoms with E-state index in [4.69, 9.17) is 14.3 Å². The van der Waals surface area contributed by atoms with Crippen LogP contribution in [0.25, 0.3) is 0 Å². The van der Waals surface area contributed by atoms with Crippen LogP contribution in [0.2, 0.25) is 0 Å². The highest BCUT2D eigenvalue weighted by molar-refractivity contribution is 6.21. The molecular weight excluding hydrogens is 286 g/mol. The lowest BCUT2D eigenvalue weighted by molar-refractivity contribution is -0.168. The van der Waals surface area contributed by atoms with E-state index in [2.05, 4.69) is 5.16 Å².